The first-order chi connectivity index (χ1) is 18.4. The summed E-state index contributed by atoms with van der Waals surface area (Å²) < 4.78 is 28.7. The topological polar surface area (TPSA) is 86.8 Å². The molecule has 1 atom stereocenters. The molecule has 7 nitrogen and oxygen atoms in total. The van der Waals surface area contributed by atoms with Gasteiger partial charge in [-0.3, -0.25) is 13.9 Å². The van der Waals surface area contributed by atoms with Crippen LogP contribution in [0.15, 0.2) is 71.6 Å². The van der Waals surface area contributed by atoms with Crippen LogP contribution in [0.5, 0.6) is 0 Å². The number of hydrogen-bond donors (Lipinski definition) is 1. The van der Waals surface area contributed by atoms with Gasteiger partial charge in [0.15, 0.2) is 0 Å². The molecule has 0 saturated heterocycles. The number of nitrogens with zero attached hydrogens (tertiary/aromatic N) is 2. The van der Waals surface area contributed by atoms with Crippen LogP contribution in [-0.4, -0.2) is 44.3 Å². The summed E-state index contributed by atoms with van der Waals surface area (Å²) >= 11 is 12.3. The zero-order valence-corrected chi connectivity index (χ0v) is 24.8. The summed E-state index contributed by atoms with van der Waals surface area (Å²) in [6, 6.07) is 17.3. The van der Waals surface area contributed by atoms with E-state index in [9.17, 15) is 18.0 Å². The number of anilines is 1. The average Bonchev–Trinajstić information content (AvgIpc) is 2.92. The Kier molecular flexibility index (Phi) is 10.4. The van der Waals surface area contributed by atoms with Crippen molar-refractivity contribution in [3.63, 3.8) is 0 Å². The first-order valence-electron chi connectivity index (χ1n) is 12.6. The number of sulfonamides is 1. The Morgan fingerprint density at radius 3 is 2.23 bits per heavy atom. The highest BCUT2D eigenvalue weighted by Gasteiger charge is 2.32. The van der Waals surface area contributed by atoms with E-state index in [1.807, 2.05) is 26.8 Å². The summed E-state index contributed by atoms with van der Waals surface area (Å²) in [5.41, 5.74) is 2.88. The molecule has 0 aliphatic rings. The molecule has 39 heavy (non-hydrogen) atoms. The van der Waals surface area contributed by atoms with Crippen LogP contribution in [0, 0.1) is 13.8 Å². The lowest BCUT2D eigenvalue weighted by molar-refractivity contribution is -0.139. The minimum atomic E-state index is -4.11. The minimum absolute atomic E-state index is 0.0303. The number of hydrogen-bond acceptors (Lipinski definition) is 4. The van der Waals surface area contributed by atoms with Gasteiger partial charge < -0.3 is 10.2 Å². The molecule has 208 valence electrons. The summed E-state index contributed by atoms with van der Waals surface area (Å²) in [5, 5.41) is 3.49. The number of rotatable bonds is 11. The molecule has 0 aliphatic carbocycles. The van der Waals surface area contributed by atoms with E-state index in [0.717, 1.165) is 21.9 Å². The lowest BCUT2D eigenvalue weighted by Gasteiger charge is -2.32. The van der Waals surface area contributed by atoms with Gasteiger partial charge in [-0.05, 0) is 80.3 Å². The summed E-state index contributed by atoms with van der Waals surface area (Å²) in [6.07, 6.45) is 0.731. The van der Waals surface area contributed by atoms with E-state index < -0.39 is 28.5 Å². The maximum atomic E-state index is 13.9. The van der Waals surface area contributed by atoms with Crippen molar-refractivity contribution in [1.82, 2.24) is 10.2 Å². The first kappa shape index (κ1) is 30.5. The van der Waals surface area contributed by atoms with E-state index in [-0.39, 0.29) is 17.3 Å². The third-order valence-corrected chi connectivity index (χ3v) is 8.97. The number of aryl methyl sites for hydroxylation is 2. The van der Waals surface area contributed by atoms with E-state index >= 15 is 0 Å². The molecule has 10 heteroatoms. The van der Waals surface area contributed by atoms with Crippen LogP contribution >= 0.6 is 23.2 Å². The Balaban J connectivity index is 2.04. The molecule has 3 aromatic carbocycles. The van der Waals surface area contributed by atoms with Crippen molar-refractivity contribution in [1.29, 1.82) is 0 Å². The van der Waals surface area contributed by atoms with Crippen molar-refractivity contribution in [3.05, 3.63) is 93.5 Å². The zero-order chi connectivity index (χ0) is 28.7. The molecule has 0 spiro atoms. The van der Waals surface area contributed by atoms with Gasteiger partial charge in [0.25, 0.3) is 10.0 Å². The first-order valence-corrected chi connectivity index (χ1v) is 14.8. The van der Waals surface area contributed by atoms with Crippen molar-refractivity contribution in [2.24, 2.45) is 0 Å². The van der Waals surface area contributed by atoms with Gasteiger partial charge in [0, 0.05) is 13.1 Å². The maximum absolute atomic E-state index is 13.9. The van der Waals surface area contributed by atoms with Gasteiger partial charge >= 0.3 is 0 Å². The fourth-order valence-corrected chi connectivity index (χ4v) is 5.69. The molecule has 0 heterocycles. The molecule has 0 radical (unpaired) electrons. The number of halogens is 2. The van der Waals surface area contributed by atoms with Crippen LogP contribution in [0.1, 0.15) is 37.0 Å². The third-order valence-electron chi connectivity index (χ3n) is 6.44. The number of carbonyl (C=O) groups is 2. The van der Waals surface area contributed by atoms with Crippen molar-refractivity contribution >= 4 is 50.7 Å². The summed E-state index contributed by atoms with van der Waals surface area (Å²) in [5.74, 6) is -0.883. The number of amides is 2. The van der Waals surface area contributed by atoms with Gasteiger partial charge in [0.05, 0.1) is 20.6 Å². The molecule has 1 N–H and O–H groups in total. The number of carbonyl (C=O) groups excluding carboxylic acids is 2. The van der Waals surface area contributed by atoms with Crippen molar-refractivity contribution < 1.29 is 18.0 Å². The Bertz CT molecular complexity index is 1430. The molecule has 2 amide bonds. The molecule has 0 aromatic heterocycles. The minimum Gasteiger partial charge on any atom is -0.354 e. The number of nitrogens with one attached hydrogen (secondary N) is 1. The predicted octanol–water partition coefficient (Wildman–Crippen LogP) is 5.75. The molecule has 0 aliphatic heterocycles. The normalized spacial score (nSPS) is 12.1. The molecule has 0 unspecified atom stereocenters. The average molecular weight is 591 g/mol. The second kappa shape index (κ2) is 13.3. The zero-order valence-electron chi connectivity index (χ0n) is 22.4. The van der Waals surface area contributed by atoms with E-state index in [0.29, 0.717) is 27.8 Å². The van der Waals surface area contributed by atoms with Crippen molar-refractivity contribution in [2.75, 3.05) is 17.4 Å². The molecular weight excluding hydrogens is 557 g/mol. The van der Waals surface area contributed by atoms with Crippen LogP contribution < -0.4 is 9.62 Å². The standard InChI is InChI=1S/C29H33Cl2N3O4S/c1-5-15-32-29(36)22(4)33(18-23-12-14-26(30)27(31)17-23)28(35)19-34(24-13-11-20(2)21(3)16-24)39(37,38)25-9-7-6-8-10-25/h6-14,16-17,22H,5,15,18-19H2,1-4H3,(H,32,36)/t22-/m1/s1. The van der Waals surface area contributed by atoms with Gasteiger partial charge in [-0.15, -0.1) is 0 Å². The quantitative estimate of drug-likeness (QED) is 0.308. The summed E-state index contributed by atoms with van der Waals surface area (Å²) in [6.45, 7) is 7.33. The van der Waals surface area contributed by atoms with E-state index in [4.69, 9.17) is 23.2 Å². The second-order valence-electron chi connectivity index (χ2n) is 9.33. The Hall–Kier alpha value is -3.07. The van der Waals surface area contributed by atoms with Gasteiger partial charge in [-0.2, -0.15) is 0 Å². The molecule has 0 bridgehead atoms. The highest BCUT2D eigenvalue weighted by molar-refractivity contribution is 7.92. The van der Waals surface area contributed by atoms with Gasteiger partial charge in [-0.1, -0.05) is 60.5 Å². The Morgan fingerprint density at radius 1 is 0.923 bits per heavy atom. The molecule has 0 saturated carbocycles. The third kappa shape index (κ3) is 7.53. The van der Waals surface area contributed by atoms with Gasteiger partial charge in [0.2, 0.25) is 11.8 Å². The highest BCUT2D eigenvalue weighted by Crippen LogP contribution is 2.27. The van der Waals surface area contributed by atoms with Crippen LogP contribution in [0.4, 0.5) is 5.69 Å². The van der Waals surface area contributed by atoms with Gasteiger partial charge in [-0.25, -0.2) is 8.42 Å². The van der Waals surface area contributed by atoms with Crippen LogP contribution in [-0.2, 0) is 26.2 Å². The van der Waals surface area contributed by atoms with Crippen LogP contribution in [0.2, 0.25) is 10.0 Å². The fraction of sp³-hybridized carbons (Fsp3) is 0.310. The lowest BCUT2D eigenvalue weighted by atomic mass is 10.1. The number of benzene rings is 3. The fourth-order valence-electron chi connectivity index (χ4n) is 3.94. The van der Waals surface area contributed by atoms with Crippen LogP contribution in [0.3, 0.4) is 0 Å². The highest BCUT2D eigenvalue weighted by atomic mass is 35.5. The molecule has 0 fully saturated rings. The summed E-state index contributed by atoms with van der Waals surface area (Å²) in [4.78, 5) is 28.3. The van der Waals surface area contributed by atoms with E-state index in [1.165, 1.54) is 17.0 Å². The van der Waals surface area contributed by atoms with Crippen molar-refractivity contribution in [2.45, 2.75) is 51.6 Å². The molecular formula is C29H33Cl2N3O4S. The van der Waals surface area contributed by atoms with Gasteiger partial charge in [0.1, 0.15) is 12.6 Å². The smallest absolute Gasteiger partial charge is 0.264 e. The largest absolute Gasteiger partial charge is 0.354 e. The monoisotopic (exact) mass is 589 g/mol. The molecule has 3 aromatic rings. The summed E-state index contributed by atoms with van der Waals surface area (Å²) in [7, 11) is -4.11. The van der Waals surface area contributed by atoms with E-state index in [1.54, 1.807) is 55.5 Å². The predicted molar refractivity (Wildman–Crippen MR) is 157 cm³/mol. The second-order valence-corrected chi connectivity index (χ2v) is 12.0. The lowest BCUT2D eigenvalue weighted by Crippen LogP contribution is -2.51. The maximum Gasteiger partial charge on any atom is 0.264 e. The SMILES string of the molecule is CCCNC(=O)[C@@H](C)N(Cc1ccc(Cl)c(Cl)c1)C(=O)CN(c1ccc(C)c(C)c1)S(=O)(=O)c1ccccc1. The van der Waals surface area contributed by atoms with Crippen molar-refractivity contribution in [3.8, 4) is 0 Å². The Labute approximate surface area is 240 Å². The van der Waals surface area contributed by atoms with Crippen LogP contribution in [0.25, 0.3) is 0 Å². The Morgan fingerprint density at radius 2 is 1.62 bits per heavy atom. The van der Waals surface area contributed by atoms with E-state index in [2.05, 4.69) is 5.32 Å². The molecule has 3 rings (SSSR count).